The number of hydrogen-bond acceptors (Lipinski definition) is 4. The molecule has 2 N–H and O–H groups in total. The Morgan fingerprint density at radius 1 is 1.15 bits per heavy atom. The van der Waals surface area contributed by atoms with Crippen LogP contribution in [0.3, 0.4) is 0 Å². The lowest BCUT2D eigenvalue weighted by Crippen LogP contribution is -2.09. The lowest BCUT2D eigenvalue weighted by Gasteiger charge is -2.13. The topological polar surface area (TPSA) is 49.8 Å². The maximum absolute atomic E-state index is 13.6. The van der Waals surface area contributed by atoms with E-state index in [1.807, 2.05) is 13.1 Å². The molecule has 4 nitrogen and oxygen atoms in total. The third kappa shape index (κ3) is 3.23. The van der Waals surface area contributed by atoms with E-state index in [9.17, 15) is 4.39 Å². The number of benzene rings is 1. The lowest BCUT2D eigenvalue weighted by molar-refractivity contribution is 0.613. The van der Waals surface area contributed by atoms with Crippen molar-refractivity contribution in [2.75, 3.05) is 17.7 Å². The van der Waals surface area contributed by atoms with Crippen LogP contribution in [0.5, 0.6) is 0 Å². The van der Waals surface area contributed by atoms with Crippen molar-refractivity contribution in [2.24, 2.45) is 0 Å². The Balaban J connectivity index is 2.19. The second kappa shape index (κ2) is 6.84. The van der Waals surface area contributed by atoms with Crippen LogP contribution in [-0.2, 0) is 13.0 Å². The monoisotopic (exact) mass is 274 g/mol. The number of halogens is 1. The number of hydrogen-bond donors (Lipinski definition) is 2. The van der Waals surface area contributed by atoms with Gasteiger partial charge < -0.3 is 10.6 Å². The van der Waals surface area contributed by atoms with Crippen LogP contribution >= 0.6 is 0 Å². The zero-order chi connectivity index (χ0) is 14.4. The van der Waals surface area contributed by atoms with E-state index in [1.165, 1.54) is 12.4 Å². The molecule has 0 aliphatic rings. The van der Waals surface area contributed by atoms with Gasteiger partial charge in [-0.05, 0) is 12.5 Å². The molecule has 0 unspecified atom stereocenters. The Bertz CT molecular complexity index is 572. The molecule has 20 heavy (non-hydrogen) atoms. The van der Waals surface area contributed by atoms with Gasteiger partial charge in [-0.3, -0.25) is 0 Å². The van der Waals surface area contributed by atoms with Crippen LogP contribution in [0.15, 0.2) is 30.6 Å². The summed E-state index contributed by atoms with van der Waals surface area (Å²) < 4.78 is 13.6. The van der Waals surface area contributed by atoms with Crippen LogP contribution in [0.25, 0.3) is 0 Å². The van der Waals surface area contributed by atoms with Crippen molar-refractivity contribution in [2.45, 2.75) is 26.3 Å². The molecule has 0 saturated heterocycles. The molecule has 0 fully saturated rings. The van der Waals surface area contributed by atoms with Crippen LogP contribution < -0.4 is 10.6 Å². The molecular formula is C15H19FN4. The van der Waals surface area contributed by atoms with E-state index in [-0.39, 0.29) is 5.82 Å². The van der Waals surface area contributed by atoms with Gasteiger partial charge in [-0.15, -0.1) is 0 Å². The van der Waals surface area contributed by atoms with Gasteiger partial charge in [0.05, 0.1) is 0 Å². The molecule has 0 bridgehead atoms. The summed E-state index contributed by atoms with van der Waals surface area (Å²) in [5.41, 5.74) is 1.66. The van der Waals surface area contributed by atoms with E-state index in [2.05, 4.69) is 27.5 Å². The van der Waals surface area contributed by atoms with Crippen LogP contribution in [0, 0.1) is 5.82 Å². The van der Waals surface area contributed by atoms with Gasteiger partial charge in [0.2, 0.25) is 0 Å². The number of rotatable bonds is 6. The highest BCUT2D eigenvalue weighted by Crippen LogP contribution is 2.22. The molecule has 1 aromatic carbocycles. The van der Waals surface area contributed by atoms with Crippen LogP contribution in [-0.4, -0.2) is 17.0 Å². The van der Waals surface area contributed by atoms with Crippen molar-refractivity contribution in [3.8, 4) is 0 Å². The zero-order valence-electron chi connectivity index (χ0n) is 11.8. The molecule has 0 amide bonds. The van der Waals surface area contributed by atoms with Crippen molar-refractivity contribution in [1.82, 2.24) is 9.97 Å². The average molecular weight is 274 g/mol. The molecule has 2 aromatic rings. The SMILES string of the molecule is CCCc1c(NC)ncnc1NCc1ccccc1F. The number of aromatic nitrogens is 2. The van der Waals surface area contributed by atoms with E-state index in [0.717, 1.165) is 30.0 Å². The average Bonchev–Trinajstić information content (AvgIpc) is 2.47. The highest BCUT2D eigenvalue weighted by Gasteiger charge is 2.10. The van der Waals surface area contributed by atoms with Gasteiger partial charge >= 0.3 is 0 Å². The van der Waals surface area contributed by atoms with Gasteiger partial charge in [0.25, 0.3) is 0 Å². The fraction of sp³-hybridized carbons (Fsp3) is 0.333. The van der Waals surface area contributed by atoms with Crippen molar-refractivity contribution < 1.29 is 4.39 Å². The van der Waals surface area contributed by atoms with E-state index < -0.39 is 0 Å². The molecule has 1 heterocycles. The standard InChI is InChI=1S/C15H19FN4/c1-3-6-12-14(17-2)19-10-20-15(12)18-9-11-7-4-5-8-13(11)16/h4-5,7-8,10H,3,6,9H2,1-2H3,(H2,17,18,19,20). The normalized spacial score (nSPS) is 10.3. The summed E-state index contributed by atoms with van der Waals surface area (Å²) in [7, 11) is 1.84. The van der Waals surface area contributed by atoms with Gasteiger partial charge in [0.1, 0.15) is 23.8 Å². The Morgan fingerprint density at radius 2 is 1.90 bits per heavy atom. The molecule has 1 aromatic heterocycles. The van der Waals surface area contributed by atoms with Crippen LogP contribution in [0.4, 0.5) is 16.0 Å². The Morgan fingerprint density at radius 3 is 2.60 bits per heavy atom. The maximum atomic E-state index is 13.6. The Hall–Kier alpha value is -2.17. The lowest BCUT2D eigenvalue weighted by atomic mass is 10.1. The molecule has 0 aliphatic carbocycles. The largest absolute Gasteiger partial charge is 0.373 e. The van der Waals surface area contributed by atoms with E-state index in [0.29, 0.717) is 12.1 Å². The minimum atomic E-state index is -0.208. The van der Waals surface area contributed by atoms with Gasteiger partial charge in [0.15, 0.2) is 0 Å². The van der Waals surface area contributed by atoms with Crippen molar-refractivity contribution in [3.05, 3.63) is 47.5 Å². The molecular weight excluding hydrogens is 255 g/mol. The Kier molecular flexibility index (Phi) is 4.87. The summed E-state index contributed by atoms with van der Waals surface area (Å²) in [5.74, 6) is 1.37. The van der Waals surface area contributed by atoms with E-state index in [1.54, 1.807) is 12.1 Å². The van der Waals surface area contributed by atoms with Crippen LogP contribution in [0.2, 0.25) is 0 Å². The molecule has 0 aliphatic heterocycles. The highest BCUT2D eigenvalue weighted by atomic mass is 19.1. The summed E-state index contributed by atoms with van der Waals surface area (Å²) in [4.78, 5) is 8.48. The van der Waals surface area contributed by atoms with Crippen molar-refractivity contribution in [3.63, 3.8) is 0 Å². The molecule has 0 spiro atoms. The summed E-state index contributed by atoms with van der Waals surface area (Å²) in [6.07, 6.45) is 3.38. The summed E-state index contributed by atoms with van der Waals surface area (Å²) in [6, 6.07) is 6.74. The smallest absolute Gasteiger partial charge is 0.134 e. The van der Waals surface area contributed by atoms with Gasteiger partial charge in [0, 0.05) is 24.7 Å². The number of anilines is 2. The third-order valence-corrected chi connectivity index (χ3v) is 3.09. The summed E-state index contributed by atoms with van der Waals surface area (Å²) >= 11 is 0. The van der Waals surface area contributed by atoms with Crippen molar-refractivity contribution >= 4 is 11.6 Å². The molecule has 106 valence electrons. The first-order valence-corrected chi connectivity index (χ1v) is 6.75. The predicted molar refractivity (Wildman–Crippen MR) is 79.3 cm³/mol. The second-order valence-corrected chi connectivity index (χ2v) is 4.49. The summed E-state index contributed by atoms with van der Waals surface area (Å²) in [6.45, 7) is 2.51. The molecule has 0 atom stereocenters. The van der Waals surface area contributed by atoms with Gasteiger partial charge in [-0.1, -0.05) is 31.5 Å². The van der Waals surface area contributed by atoms with Crippen molar-refractivity contribution in [1.29, 1.82) is 0 Å². The fourth-order valence-corrected chi connectivity index (χ4v) is 2.09. The first-order chi connectivity index (χ1) is 9.76. The highest BCUT2D eigenvalue weighted by molar-refractivity contribution is 5.57. The molecule has 5 heteroatoms. The molecule has 2 rings (SSSR count). The quantitative estimate of drug-likeness (QED) is 0.849. The second-order valence-electron chi connectivity index (χ2n) is 4.49. The van der Waals surface area contributed by atoms with Gasteiger partial charge in [-0.2, -0.15) is 0 Å². The maximum Gasteiger partial charge on any atom is 0.134 e. The number of nitrogens with one attached hydrogen (secondary N) is 2. The first-order valence-electron chi connectivity index (χ1n) is 6.75. The number of nitrogens with zero attached hydrogens (tertiary/aromatic N) is 2. The third-order valence-electron chi connectivity index (χ3n) is 3.09. The minimum Gasteiger partial charge on any atom is -0.373 e. The zero-order valence-corrected chi connectivity index (χ0v) is 11.8. The molecule has 0 saturated carbocycles. The first kappa shape index (κ1) is 14.2. The Labute approximate surface area is 118 Å². The summed E-state index contributed by atoms with van der Waals surface area (Å²) in [5, 5.41) is 6.26. The predicted octanol–water partition coefficient (Wildman–Crippen LogP) is 3.22. The molecule has 0 radical (unpaired) electrons. The van der Waals surface area contributed by atoms with E-state index in [4.69, 9.17) is 0 Å². The van der Waals surface area contributed by atoms with Crippen LogP contribution in [0.1, 0.15) is 24.5 Å². The fourth-order valence-electron chi connectivity index (χ4n) is 2.09. The van der Waals surface area contributed by atoms with Gasteiger partial charge in [-0.25, -0.2) is 14.4 Å². The van der Waals surface area contributed by atoms with E-state index >= 15 is 0 Å². The minimum absolute atomic E-state index is 0.208.